The van der Waals surface area contributed by atoms with E-state index in [4.69, 9.17) is 9.47 Å². The van der Waals surface area contributed by atoms with Gasteiger partial charge in [-0.15, -0.1) is 0 Å². The van der Waals surface area contributed by atoms with Crippen LogP contribution < -0.4 is 19.1 Å². The molecule has 2 aromatic carbocycles. The van der Waals surface area contributed by atoms with Crippen LogP contribution in [-0.4, -0.2) is 41.1 Å². The SMILES string of the molecule is CC[C@H](C)NC(=O)CN(c1ccc(F)cc1)S(=O)(=O)c1ccc(OC)c(OC)c1. The highest BCUT2D eigenvalue weighted by molar-refractivity contribution is 7.92. The highest BCUT2D eigenvalue weighted by Crippen LogP contribution is 2.32. The zero-order valence-corrected chi connectivity index (χ0v) is 17.6. The van der Waals surface area contributed by atoms with Gasteiger partial charge >= 0.3 is 0 Å². The van der Waals surface area contributed by atoms with Crippen LogP contribution in [0.15, 0.2) is 47.4 Å². The number of nitrogens with one attached hydrogen (secondary N) is 1. The molecule has 0 unspecified atom stereocenters. The summed E-state index contributed by atoms with van der Waals surface area (Å²) in [5.74, 6) is -0.375. The molecule has 158 valence electrons. The fourth-order valence-electron chi connectivity index (χ4n) is 2.58. The maximum Gasteiger partial charge on any atom is 0.264 e. The molecule has 0 heterocycles. The van der Waals surface area contributed by atoms with Crippen molar-refractivity contribution in [2.24, 2.45) is 0 Å². The van der Waals surface area contributed by atoms with Gasteiger partial charge in [0.2, 0.25) is 5.91 Å². The van der Waals surface area contributed by atoms with Gasteiger partial charge in [-0.3, -0.25) is 9.10 Å². The smallest absolute Gasteiger partial charge is 0.264 e. The third-order valence-corrected chi connectivity index (χ3v) is 6.13. The minimum absolute atomic E-state index is 0.0872. The van der Waals surface area contributed by atoms with Crippen LogP contribution in [0.5, 0.6) is 11.5 Å². The number of anilines is 1. The predicted octanol–water partition coefficient (Wildman–Crippen LogP) is 2.95. The van der Waals surface area contributed by atoms with E-state index in [1.165, 1.54) is 44.6 Å². The number of amides is 1. The molecular weight excluding hydrogens is 399 g/mol. The summed E-state index contributed by atoms with van der Waals surface area (Å²) in [6.45, 7) is 3.28. The Morgan fingerprint density at radius 3 is 2.28 bits per heavy atom. The summed E-state index contributed by atoms with van der Waals surface area (Å²) >= 11 is 0. The van der Waals surface area contributed by atoms with Gasteiger partial charge in [0.15, 0.2) is 11.5 Å². The average molecular weight is 424 g/mol. The molecule has 0 aliphatic carbocycles. The number of carbonyl (C=O) groups excluding carboxylic acids is 1. The Labute approximate surface area is 170 Å². The third kappa shape index (κ3) is 5.38. The Kier molecular flexibility index (Phi) is 7.44. The highest BCUT2D eigenvalue weighted by atomic mass is 32.2. The van der Waals surface area contributed by atoms with E-state index in [9.17, 15) is 17.6 Å². The molecule has 9 heteroatoms. The molecule has 0 aliphatic heterocycles. The minimum Gasteiger partial charge on any atom is -0.493 e. The van der Waals surface area contributed by atoms with E-state index in [0.29, 0.717) is 12.2 Å². The fraction of sp³-hybridized carbons (Fsp3) is 0.350. The van der Waals surface area contributed by atoms with Gasteiger partial charge in [0.1, 0.15) is 12.4 Å². The van der Waals surface area contributed by atoms with E-state index < -0.39 is 28.3 Å². The van der Waals surface area contributed by atoms with Crippen molar-refractivity contribution in [2.45, 2.75) is 31.2 Å². The summed E-state index contributed by atoms with van der Waals surface area (Å²) in [4.78, 5) is 12.3. The third-order valence-electron chi connectivity index (χ3n) is 4.36. The quantitative estimate of drug-likeness (QED) is 0.669. The number of benzene rings is 2. The van der Waals surface area contributed by atoms with Gasteiger partial charge in [-0.05, 0) is 49.7 Å². The van der Waals surface area contributed by atoms with Crippen molar-refractivity contribution >= 4 is 21.6 Å². The largest absolute Gasteiger partial charge is 0.493 e. The van der Waals surface area contributed by atoms with Gasteiger partial charge in [0.05, 0.1) is 24.8 Å². The Bertz CT molecular complexity index is 948. The molecule has 2 rings (SSSR count). The first-order valence-corrected chi connectivity index (χ1v) is 10.5. The molecule has 0 saturated heterocycles. The zero-order valence-electron chi connectivity index (χ0n) is 16.8. The summed E-state index contributed by atoms with van der Waals surface area (Å²) in [5.41, 5.74) is 0.167. The van der Waals surface area contributed by atoms with Crippen LogP contribution in [0.4, 0.5) is 10.1 Å². The molecule has 1 atom stereocenters. The molecule has 0 aliphatic rings. The molecule has 2 aromatic rings. The monoisotopic (exact) mass is 424 g/mol. The Balaban J connectivity index is 2.48. The summed E-state index contributed by atoms with van der Waals surface area (Å²) < 4.78 is 51.3. The number of sulfonamides is 1. The molecule has 0 saturated carbocycles. The number of halogens is 1. The molecule has 0 spiro atoms. The number of carbonyl (C=O) groups is 1. The van der Waals surface area contributed by atoms with E-state index in [1.54, 1.807) is 0 Å². The minimum atomic E-state index is -4.15. The van der Waals surface area contributed by atoms with Crippen molar-refractivity contribution in [2.75, 3.05) is 25.1 Å². The molecule has 0 fully saturated rings. The lowest BCUT2D eigenvalue weighted by atomic mass is 10.2. The van der Waals surface area contributed by atoms with Crippen molar-refractivity contribution in [3.8, 4) is 11.5 Å². The number of hydrogen-bond donors (Lipinski definition) is 1. The van der Waals surface area contributed by atoms with Gasteiger partial charge in [-0.25, -0.2) is 12.8 Å². The topological polar surface area (TPSA) is 84.9 Å². The van der Waals surface area contributed by atoms with Gasteiger partial charge in [-0.2, -0.15) is 0 Å². The van der Waals surface area contributed by atoms with Crippen LogP contribution in [0.25, 0.3) is 0 Å². The zero-order chi connectivity index (χ0) is 21.6. The molecule has 0 bridgehead atoms. The summed E-state index contributed by atoms with van der Waals surface area (Å²) in [7, 11) is -1.31. The molecule has 0 radical (unpaired) electrons. The van der Waals surface area contributed by atoms with Crippen LogP contribution in [0, 0.1) is 5.82 Å². The van der Waals surface area contributed by atoms with Gasteiger partial charge in [0, 0.05) is 12.1 Å². The number of nitrogens with zero attached hydrogens (tertiary/aromatic N) is 1. The molecule has 7 nitrogen and oxygen atoms in total. The first kappa shape index (κ1) is 22.5. The van der Waals surface area contributed by atoms with Crippen LogP contribution in [-0.2, 0) is 14.8 Å². The van der Waals surface area contributed by atoms with Crippen LogP contribution in [0.3, 0.4) is 0 Å². The number of methoxy groups -OCH3 is 2. The summed E-state index contributed by atoms with van der Waals surface area (Å²) in [5, 5.41) is 2.74. The number of rotatable bonds is 9. The average Bonchev–Trinajstić information content (AvgIpc) is 2.71. The van der Waals surface area contributed by atoms with Crippen LogP contribution in [0.1, 0.15) is 20.3 Å². The van der Waals surface area contributed by atoms with E-state index in [1.807, 2.05) is 13.8 Å². The maximum absolute atomic E-state index is 13.4. The first-order chi connectivity index (χ1) is 13.7. The lowest BCUT2D eigenvalue weighted by Crippen LogP contribution is -2.43. The predicted molar refractivity (Wildman–Crippen MR) is 108 cm³/mol. The second-order valence-electron chi connectivity index (χ2n) is 6.38. The van der Waals surface area contributed by atoms with Crippen molar-refractivity contribution in [3.63, 3.8) is 0 Å². The fourth-order valence-corrected chi connectivity index (χ4v) is 4.02. The molecule has 1 N–H and O–H groups in total. The van der Waals surface area contributed by atoms with Crippen LogP contribution in [0.2, 0.25) is 0 Å². The maximum atomic E-state index is 13.4. The van der Waals surface area contributed by atoms with Crippen molar-refractivity contribution < 1.29 is 27.1 Å². The van der Waals surface area contributed by atoms with Gasteiger partial charge < -0.3 is 14.8 Å². The Hall–Kier alpha value is -2.81. The lowest BCUT2D eigenvalue weighted by Gasteiger charge is -2.25. The molecular formula is C20H25FN2O5S. The summed E-state index contributed by atoms with van der Waals surface area (Å²) in [6.07, 6.45) is 0.699. The second-order valence-corrected chi connectivity index (χ2v) is 8.24. The molecule has 29 heavy (non-hydrogen) atoms. The normalized spacial score (nSPS) is 12.2. The van der Waals surface area contributed by atoms with E-state index in [2.05, 4.69) is 5.32 Å². The van der Waals surface area contributed by atoms with Gasteiger partial charge in [-0.1, -0.05) is 6.92 Å². The van der Waals surface area contributed by atoms with Gasteiger partial charge in [0.25, 0.3) is 10.0 Å². The Morgan fingerprint density at radius 1 is 1.10 bits per heavy atom. The Morgan fingerprint density at radius 2 is 1.72 bits per heavy atom. The van der Waals surface area contributed by atoms with Crippen molar-refractivity contribution in [1.29, 1.82) is 0 Å². The molecule has 0 aromatic heterocycles. The van der Waals surface area contributed by atoms with Crippen LogP contribution >= 0.6 is 0 Å². The first-order valence-electron chi connectivity index (χ1n) is 9.02. The van der Waals surface area contributed by atoms with Crippen molar-refractivity contribution in [3.05, 3.63) is 48.3 Å². The van der Waals surface area contributed by atoms with E-state index in [-0.39, 0.29) is 22.4 Å². The highest BCUT2D eigenvalue weighted by Gasteiger charge is 2.28. The van der Waals surface area contributed by atoms with E-state index in [0.717, 1.165) is 16.4 Å². The summed E-state index contributed by atoms with van der Waals surface area (Å²) in [6, 6.07) is 8.93. The van der Waals surface area contributed by atoms with Crippen molar-refractivity contribution in [1.82, 2.24) is 5.32 Å². The lowest BCUT2D eigenvalue weighted by molar-refractivity contribution is -0.120. The number of ether oxygens (including phenoxy) is 2. The second kappa shape index (κ2) is 9.60. The standard InChI is InChI=1S/C20H25FN2O5S/c1-5-14(2)22-20(24)13-23(16-8-6-15(21)7-9-16)29(25,26)17-10-11-18(27-3)19(12-17)28-4/h6-12,14H,5,13H2,1-4H3,(H,22,24)/t14-/m0/s1. The number of hydrogen-bond acceptors (Lipinski definition) is 5. The van der Waals surface area contributed by atoms with E-state index >= 15 is 0 Å². The molecule has 1 amide bonds.